The third-order valence-electron chi connectivity index (χ3n) is 3.17. The van der Waals surface area contributed by atoms with E-state index in [4.69, 9.17) is 0 Å². The van der Waals surface area contributed by atoms with Gasteiger partial charge in [-0.2, -0.15) is 0 Å². The first-order valence-corrected chi connectivity index (χ1v) is 6.80. The first-order valence-electron chi connectivity index (χ1n) is 6.80. The zero-order valence-corrected chi connectivity index (χ0v) is 11.8. The summed E-state index contributed by atoms with van der Waals surface area (Å²) in [7, 11) is 1.91. The molecule has 1 heterocycles. The number of nitrogens with zero attached hydrogens (tertiary/aromatic N) is 2. The minimum absolute atomic E-state index is 0.117. The number of anilines is 1. The Balaban J connectivity index is 2.54. The predicted molar refractivity (Wildman–Crippen MR) is 84.0 cm³/mol. The fourth-order valence-electron chi connectivity index (χ4n) is 2.33. The van der Waals surface area contributed by atoms with Gasteiger partial charge in [0.1, 0.15) is 0 Å². The summed E-state index contributed by atoms with van der Waals surface area (Å²) in [5.74, 6) is 0. The highest BCUT2D eigenvalue weighted by molar-refractivity contribution is 5.92. The zero-order chi connectivity index (χ0) is 14.4. The summed E-state index contributed by atoms with van der Waals surface area (Å²) in [6.07, 6.45) is 1.85. The van der Waals surface area contributed by atoms with Crippen LogP contribution in [0.3, 0.4) is 0 Å². The van der Waals surface area contributed by atoms with Crippen molar-refractivity contribution in [1.29, 1.82) is 0 Å². The van der Waals surface area contributed by atoms with Crippen molar-refractivity contribution >= 4 is 16.6 Å². The van der Waals surface area contributed by atoms with Gasteiger partial charge >= 0.3 is 0 Å². The lowest BCUT2D eigenvalue weighted by Gasteiger charge is -2.24. The van der Waals surface area contributed by atoms with E-state index < -0.39 is 0 Å². The third-order valence-corrected chi connectivity index (χ3v) is 3.17. The molecule has 0 aliphatic heterocycles. The van der Waals surface area contributed by atoms with E-state index in [0.717, 1.165) is 28.8 Å². The zero-order valence-electron chi connectivity index (χ0n) is 11.8. The smallest absolute Gasteiger partial charge is 0.0726 e. The molecule has 2 aromatic rings. The summed E-state index contributed by atoms with van der Waals surface area (Å²) in [5, 5.41) is 13.5. The quantitative estimate of drug-likeness (QED) is 0.756. The van der Waals surface area contributed by atoms with Crippen LogP contribution in [0.5, 0.6) is 0 Å². The Bertz CT molecular complexity index is 583. The van der Waals surface area contributed by atoms with Crippen LogP contribution in [-0.2, 0) is 6.54 Å². The molecule has 0 spiro atoms. The number of hydrogen-bond acceptors (Lipinski definition) is 4. The van der Waals surface area contributed by atoms with Crippen LogP contribution in [0.15, 0.2) is 43.0 Å². The highest BCUT2D eigenvalue weighted by Gasteiger charge is 2.11. The minimum atomic E-state index is 0.117. The molecule has 106 valence electrons. The molecule has 0 unspecified atom stereocenters. The summed E-state index contributed by atoms with van der Waals surface area (Å²) < 4.78 is 0. The lowest BCUT2D eigenvalue weighted by Crippen LogP contribution is -2.27. The number of rotatable bonds is 7. The number of aliphatic hydroxyl groups is 1. The predicted octanol–water partition coefficient (Wildman–Crippen LogP) is 1.94. The van der Waals surface area contributed by atoms with Crippen LogP contribution >= 0.6 is 0 Å². The average Bonchev–Trinajstić information content (AvgIpc) is 2.46. The van der Waals surface area contributed by atoms with E-state index in [1.165, 1.54) is 0 Å². The maximum absolute atomic E-state index is 9.27. The van der Waals surface area contributed by atoms with E-state index in [-0.39, 0.29) is 6.61 Å². The largest absolute Gasteiger partial charge is 0.395 e. The van der Waals surface area contributed by atoms with E-state index in [1.807, 2.05) is 31.3 Å². The van der Waals surface area contributed by atoms with Gasteiger partial charge in [0.05, 0.1) is 17.8 Å². The molecule has 0 bridgehead atoms. The van der Waals surface area contributed by atoms with Gasteiger partial charge in [0.15, 0.2) is 0 Å². The summed E-state index contributed by atoms with van der Waals surface area (Å²) >= 11 is 0. The lowest BCUT2D eigenvalue weighted by molar-refractivity contribution is 0.303. The molecule has 20 heavy (non-hydrogen) atoms. The fourth-order valence-corrected chi connectivity index (χ4v) is 2.33. The van der Waals surface area contributed by atoms with Gasteiger partial charge in [0.2, 0.25) is 0 Å². The first kappa shape index (κ1) is 14.5. The van der Waals surface area contributed by atoms with Crippen LogP contribution in [0.25, 0.3) is 10.9 Å². The Labute approximate surface area is 119 Å². The first-order chi connectivity index (χ1) is 9.80. The Morgan fingerprint density at radius 1 is 1.40 bits per heavy atom. The van der Waals surface area contributed by atoms with Crippen LogP contribution in [0.1, 0.15) is 5.69 Å². The number of aliphatic hydroxyl groups excluding tert-OH is 1. The molecule has 4 nitrogen and oxygen atoms in total. The summed E-state index contributed by atoms with van der Waals surface area (Å²) in [5.41, 5.74) is 3.06. The highest BCUT2D eigenvalue weighted by Crippen LogP contribution is 2.26. The molecule has 0 atom stereocenters. The Morgan fingerprint density at radius 2 is 2.20 bits per heavy atom. The van der Waals surface area contributed by atoms with Gasteiger partial charge in [-0.1, -0.05) is 24.3 Å². The molecule has 2 rings (SSSR count). The Kier molecular flexibility index (Phi) is 5.09. The van der Waals surface area contributed by atoms with E-state index in [2.05, 4.69) is 33.9 Å². The molecule has 4 heteroatoms. The maximum Gasteiger partial charge on any atom is 0.0726 e. The normalized spacial score (nSPS) is 10.7. The van der Waals surface area contributed by atoms with Gasteiger partial charge in [-0.3, -0.25) is 4.98 Å². The van der Waals surface area contributed by atoms with Crippen molar-refractivity contribution in [3.63, 3.8) is 0 Å². The van der Waals surface area contributed by atoms with Crippen LogP contribution in [0, 0.1) is 0 Å². The van der Waals surface area contributed by atoms with Gasteiger partial charge in [-0.05, 0) is 19.2 Å². The Morgan fingerprint density at radius 3 is 2.90 bits per heavy atom. The minimum Gasteiger partial charge on any atom is -0.395 e. The molecule has 0 aliphatic carbocycles. The number of para-hydroxylation sites is 1. The van der Waals surface area contributed by atoms with Crippen molar-refractivity contribution in [1.82, 2.24) is 10.3 Å². The van der Waals surface area contributed by atoms with Gasteiger partial charge in [0.25, 0.3) is 0 Å². The monoisotopic (exact) mass is 271 g/mol. The van der Waals surface area contributed by atoms with E-state index in [0.29, 0.717) is 13.1 Å². The topological polar surface area (TPSA) is 48.4 Å². The van der Waals surface area contributed by atoms with Gasteiger partial charge in [0, 0.05) is 30.7 Å². The summed E-state index contributed by atoms with van der Waals surface area (Å²) in [6.45, 7) is 5.92. The number of hydrogen-bond donors (Lipinski definition) is 2. The van der Waals surface area contributed by atoms with Gasteiger partial charge in [-0.25, -0.2) is 0 Å². The number of aromatic nitrogens is 1. The van der Waals surface area contributed by atoms with Crippen molar-refractivity contribution < 1.29 is 5.11 Å². The van der Waals surface area contributed by atoms with Crippen molar-refractivity contribution in [2.24, 2.45) is 0 Å². The van der Waals surface area contributed by atoms with Crippen molar-refractivity contribution in [2.45, 2.75) is 6.54 Å². The maximum atomic E-state index is 9.27. The number of nitrogens with one attached hydrogen (secondary N) is 1. The molecule has 0 aliphatic rings. The average molecular weight is 271 g/mol. The van der Waals surface area contributed by atoms with Gasteiger partial charge < -0.3 is 15.3 Å². The van der Waals surface area contributed by atoms with E-state index in [1.54, 1.807) is 0 Å². The molecule has 0 amide bonds. The summed E-state index contributed by atoms with van der Waals surface area (Å²) in [4.78, 5) is 6.77. The van der Waals surface area contributed by atoms with Crippen molar-refractivity contribution in [3.8, 4) is 0 Å². The Hall–Kier alpha value is -1.91. The second-order valence-corrected chi connectivity index (χ2v) is 4.64. The fraction of sp³-hybridized carbons (Fsp3) is 0.312. The second-order valence-electron chi connectivity index (χ2n) is 4.64. The number of fused-ring (bicyclic) bond motifs is 1. The SMILES string of the molecule is C=CCN(CCO)c1cc(CNC)nc2ccccc12. The van der Waals surface area contributed by atoms with Crippen LogP contribution < -0.4 is 10.2 Å². The molecule has 0 saturated carbocycles. The highest BCUT2D eigenvalue weighted by atomic mass is 16.3. The van der Waals surface area contributed by atoms with E-state index in [9.17, 15) is 5.11 Å². The van der Waals surface area contributed by atoms with Crippen LogP contribution in [0.2, 0.25) is 0 Å². The van der Waals surface area contributed by atoms with Gasteiger partial charge in [-0.15, -0.1) is 6.58 Å². The second kappa shape index (κ2) is 7.03. The molecule has 2 N–H and O–H groups in total. The van der Waals surface area contributed by atoms with E-state index >= 15 is 0 Å². The van der Waals surface area contributed by atoms with Crippen LogP contribution in [0.4, 0.5) is 5.69 Å². The number of benzene rings is 1. The van der Waals surface area contributed by atoms with Crippen molar-refractivity contribution in [2.75, 3.05) is 31.6 Å². The number of pyridine rings is 1. The summed E-state index contributed by atoms with van der Waals surface area (Å²) in [6, 6.07) is 10.2. The molecule has 0 fully saturated rings. The van der Waals surface area contributed by atoms with Crippen LogP contribution in [-0.4, -0.2) is 36.8 Å². The molecular weight excluding hydrogens is 250 g/mol. The lowest BCUT2D eigenvalue weighted by atomic mass is 10.1. The molecule has 1 aromatic carbocycles. The molecule has 1 aromatic heterocycles. The third kappa shape index (κ3) is 3.15. The molecule has 0 saturated heterocycles. The molecule has 0 radical (unpaired) electrons. The van der Waals surface area contributed by atoms with Crippen molar-refractivity contribution in [3.05, 3.63) is 48.7 Å². The standard InChI is InChI=1S/C16H21N3O/c1-3-8-19(9-10-20)16-11-13(12-17-2)18-15-7-5-4-6-14(15)16/h3-7,11,17,20H,1,8-10,12H2,2H3. The molecular formula is C16H21N3O.